The molecule has 0 aliphatic rings. The summed E-state index contributed by atoms with van der Waals surface area (Å²) in [6, 6.07) is 5.37. The van der Waals surface area contributed by atoms with Crippen LogP contribution < -0.4 is 0 Å². The average molecular weight is 314 g/mol. The van der Waals surface area contributed by atoms with Gasteiger partial charge in [-0.15, -0.1) is 0 Å². The molecule has 0 heterocycles. The van der Waals surface area contributed by atoms with Crippen LogP contribution in [-0.4, -0.2) is 35.0 Å². The first-order chi connectivity index (χ1) is 8.45. The fourth-order valence-corrected chi connectivity index (χ4v) is 1.84. The predicted molar refractivity (Wildman–Crippen MR) is 72.7 cm³/mol. The van der Waals surface area contributed by atoms with Gasteiger partial charge in [0.2, 0.25) is 0 Å². The molecule has 18 heavy (non-hydrogen) atoms. The topological polar surface area (TPSA) is 57.6 Å². The highest BCUT2D eigenvalue weighted by Crippen LogP contribution is 2.18. The number of hydrogen-bond donors (Lipinski definition) is 1. The number of aryl methyl sites for hydroxylation is 1. The van der Waals surface area contributed by atoms with Crippen LogP contribution in [0.3, 0.4) is 0 Å². The Bertz CT molecular complexity index is 460. The summed E-state index contributed by atoms with van der Waals surface area (Å²) in [5.41, 5.74) is 1.57. The number of rotatable bonds is 5. The van der Waals surface area contributed by atoms with Crippen molar-refractivity contribution in [3.8, 4) is 0 Å². The number of amides is 1. The molecule has 1 rings (SSSR count). The van der Waals surface area contributed by atoms with Gasteiger partial charge in [-0.05, 0) is 37.6 Å². The molecule has 1 aromatic rings. The van der Waals surface area contributed by atoms with Crippen LogP contribution in [0.15, 0.2) is 22.7 Å². The van der Waals surface area contributed by atoms with Gasteiger partial charge in [-0.2, -0.15) is 0 Å². The van der Waals surface area contributed by atoms with Crippen LogP contribution >= 0.6 is 15.9 Å². The van der Waals surface area contributed by atoms with E-state index in [9.17, 15) is 9.59 Å². The van der Waals surface area contributed by atoms with Crippen LogP contribution in [0.4, 0.5) is 0 Å². The van der Waals surface area contributed by atoms with Crippen LogP contribution in [0.5, 0.6) is 0 Å². The Labute approximate surface area is 115 Å². The lowest BCUT2D eigenvalue weighted by atomic mass is 10.1. The van der Waals surface area contributed by atoms with E-state index in [1.807, 2.05) is 19.9 Å². The largest absolute Gasteiger partial charge is 0.481 e. The lowest BCUT2D eigenvalue weighted by Gasteiger charge is -2.20. The van der Waals surface area contributed by atoms with Crippen molar-refractivity contribution >= 4 is 27.8 Å². The van der Waals surface area contributed by atoms with Gasteiger partial charge >= 0.3 is 5.97 Å². The van der Waals surface area contributed by atoms with Crippen molar-refractivity contribution in [3.63, 3.8) is 0 Å². The van der Waals surface area contributed by atoms with E-state index in [0.29, 0.717) is 12.1 Å². The zero-order valence-electron chi connectivity index (χ0n) is 10.4. The number of carbonyl (C=O) groups excluding carboxylic acids is 1. The second-order valence-electron chi connectivity index (χ2n) is 3.99. The molecule has 0 radical (unpaired) electrons. The van der Waals surface area contributed by atoms with Crippen molar-refractivity contribution in [2.75, 3.05) is 13.1 Å². The Hall–Kier alpha value is -1.36. The van der Waals surface area contributed by atoms with Gasteiger partial charge in [0, 0.05) is 23.1 Å². The van der Waals surface area contributed by atoms with E-state index in [1.54, 1.807) is 12.1 Å². The minimum Gasteiger partial charge on any atom is -0.481 e. The Balaban J connectivity index is 2.82. The number of carboxylic acid groups (broad SMARTS) is 1. The van der Waals surface area contributed by atoms with E-state index in [0.717, 1.165) is 10.0 Å². The molecule has 0 unspecified atom stereocenters. The normalized spacial score (nSPS) is 10.2. The molecule has 0 aromatic heterocycles. The molecule has 4 nitrogen and oxygen atoms in total. The van der Waals surface area contributed by atoms with Gasteiger partial charge in [-0.25, -0.2) is 0 Å². The zero-order chi connectivity index (χ0) is 13.7. The van der Waals surface area contributed by atoms with Crippen molar-refractivity contribution in [2.24, 2.45) is 0 Å². The van der Waals surface area contributed by atoms with Gasteiger partial charge in [0.25, 0.3) is 5.91 Å². The zero-order valence-corrected chi connectivity index (χ0v) is 12.0. The first-order valence-electron chi connectivity index (χ1n) is 5.73. The molecule has 0 bridgehead atoms. The van der Waals surface area contributed by atoms with E-state index in [1.165, 1.54) is 4.90 Å². The third-order valence-corrected chi connectivity index (χ3v) is 3.56. The third kappa shape index (κ3) is 3.84. The quantitative estimate of drug-likeness (QED) is 0.909. The molecule has 1 aromatic carbocycles. The lowest BCUT2D eigenvalue weighted by Crippen LogP contribution is -2.32. The van der Waals surface area contributed by atoms with Gasteiger partial charge in [0.1, 0.15) is 0 Å². The predicted octanol–water partition coefficient (Wildman–Crippen LogP) is 2.69. The summed E-state index contributed by atoms with van der Waals surface area (Å²) in [6.07, 6.45) is -0.0326. The number of carbonyl (C=O) groups is 2. The second-order valence-corrected chi connectivity index (χ2v) is 4.85. The molecule has 1 N–H and O–H groups in total. The molecule has 0 aliphatic carbocycles. The van der Waals surface area contributed by atoms with E-state index in [2.05, 4.69) is 15.9 Å². The fraction of sp³-hybridized carbons (Fsp3) is 0.385. The summed E-state index contributed by atoms with van der Waals surface area (Å²) in [6.45, 7) is 4.49. The maximum absolute atomic E-state index is 12.2. The number of aliphatic carboxylic acids is 1. The van der Waals surface area contributed by atoms with Crippen molar-refractivity contribution in [3.05, 3.63) is 33.8 Å². The van der Waals surface area contributed by atoms with Crippen LogP contribution in [0.1, 0.15) is 29.3 Å². The first kappa shape index (κ1) is 14.7. The fourth-order valence-electron chi connectivity index (χ4n) is 1.59. The summed E-state index contributed by atoms with van der Waals surface area (Å²) in [5, 5.41) is 8.65. The number of hydrogen-bond acceptors (Lipinski definition) is 2. The van der Waals surface area contributed by atoms with Crippen molar-refractivity contribution < 1.29 is 14.7 Å². The first-order valence-corrected chi connectivity index (χ1v) is 6.52. The molecule has 0 atom stereocenters. The minimum absolute atomic E-state index is 0.0326. The number of benzene rings is 1. The van der Waals surface area contributed by atoms with E-state index in [-0.39, 0.29) is 18.9 Å². The summed E-state index contributed by atoms with van der Waals surface area (Å²) >= 11 is 3.38. The standard InChI is InChI=1S/C13H16BrNO3/c1-3-15(7-6-12(16)17)13(18)10-4-5-11(14)9(2)8-10/h4-5,8H,3,6-7H2,1-2H3,(H,16,17). The van der Waals surface area contributed by atoms with Crippen LogP contribution in [0.2, 0.25) is 0 Å². The summed E-state index contributed by atoms with van der Waals surface area (Å²) in [4.78, 5) is 24.2. The number of carboxylic acids is 1. The van der Waals surface area contributed by atoms with E-state index in [4.69, 9.17) is 5.11 Å². The number of nitrogens with zero attached hydrogens (tertiary/aromatic N) is 1. The Kier molecular flexibility index (Phi) is 5.34. The molecule has 98 valence electrons. The van der Waals surface area contributed by atoms with Crippen molar-refractivity contribution in [2.45, 2.75) is 20.3 Å². The summed E-state index contributed by atoms with van der Waals surface area (Å²) in [7, 11) is 0. The molecular formula is C13H16BrNO3. The molecule has 0 fully saturated rings. The highest BCUT2D eigenvalue weighted by atomic mass is 79.9. The molecule has 0 saturated heterocycles. The molecule has 1 amide bonds. The maximum atomic E-state index is 12.2. The van der Waals surface area contributed by atoms with Crippen LogP contribution in [-0.2, 0) is 4.79 Å². The van der Waals surface area contributed by atoms with Gasteiger partial charge in [-0.1, -0.05) is 15.9 Å². The van der Waals surface area contributed by atoms with Crippen molar-refractivity contribution in [1.82, 2.24) is 4.90 Å². The van der Waals surface area contributed by atoms with Gasteiger partial charge in [0.15, 0.2) is 0 Å². The van der Waals surface area contributed by atoms with Crippen LogP contribution in [0.25, 0.3) is 0 Å². The monoisotopic (exact) mass is 313 g/mol. The highest BCUT2D eigenvalue weighted by molar-refractivity contribution is 9.10. The smallest absolute Gasteiger partial charge is 0.305 e. The number of halogens is 1. The lowest BCUT2D eigenvalue weighted by molar-refractivity contribution is -0.137. The van der Waals surface area contributed by atoms with Gasteiger partial charge in [0.05, 0.1) is 6.42 Å². The average Bonchev–Trinajstić information content (AvgIpc) is 2.32. The minimum atomic E-state index is -0.895. The van der Waals surface area contributed by atoms with Crippen LogP contribution in [0, 0.1) is 6.92 Å². The Morgan fingerprint density at radius 1 is 1.39 bits per heavy atom. The molecule has 0 spiro atoms. The Morgan fingerprint density at radius 2 is 2.06 bits per heavy atom. The molecule has 0 saturated carbocycles. The third-order valence-electron chi connectivity index (χ3n) is 2.67. The molecule has 5 heteroatoms. The molecular weight excluding hydrogens is 298 g/mol. The van der Waals surface area contributed by atoms with Gasteiger partial charge < -0.3 is 10.0 Å². The maximum Gasteiger partial charge on any atom is 0.305 e. The second kappa shape index (κ2) is 6.54. The van der Waals surface area contributed by atoms with Crippen molar-refractivity contribution in [1.29, 1.82) is 0 Å². The Morgan fingerprint density at radius 3 is 2.56 bits per heavy atom. The highest BCUT2D eigenvalue weighted by Gasteiger charge is 2.15. The molecule has 0 aliphatic heterocycles. The summed E-state index contributed by atoms with van der Waals surface area (Å²) in [5.74, 6) is -1.03. The SMILES string of the molecule is CCN(CCC(=O)O)C(=O)c1ccc(Br)c(C)c1. The van der Waals surface area contributed by atoms with Gasteiger partial charge in [-0.3, -0.25) is 9.59 Å². The van der Waals surface area contributed by atoms with E-state index < -0.39 is 5.97 Å². The summed E-state index contributed by atoms with van der Waals surface area (Å²) < 4.78 is 0.952. The van der Waals surface area contributed by atoms with E-state index >= 15 is 0 Å².